The van der Waals surface area contributed by atoms with Crippen LogP contribution in [0.5, 0.6) is 0 Å². The number of carbonyl (C=O) groups is 2. The first-order chi connectivity index (χ1) is 9.88. The highest BCUT2D eigenvalue weighted by Crippen LogP contribution is 2.00. The first-order valence-electron chi connectivity index (χ1n) is 5.86. The maximum atomic E-state index is 11.4. The summed E-state index contributed by atoms with van der Waals surface area (Å²) < 4.78 is 3.08. The molecule has 9 heteroatoms. The van der Waals surface area contributed by atoms with E-state index in [0.717, 1.165) is 5.06 Å². The Bertz CT molecular complexity index is 619. The lowest BCUT2D eigenvalue weighted by Crippen LogP contribution is -2.26. The van der Waals surface area contributed by atoms with Crippen LogP contribution in [0.25, 0.3) is 0 Å². The maximum Gasteiger partial charge on any atom is 0.354 e. The Labute approximate surface area is 121 Å². The lowest BCUT2D eigenvalue weighted by molar-refractivity contribution is -0.0762. The monoisotopic (exact) mass is 295 g/mol. The average Bonchev–Trinajstić information content (AvgIpc) is 3.06. The first kappa shape index (κ1) is 16.4. The van der Waals surface area contributed by atoms with Gasteiger partial charge in [-0.1, -0.05) is 0 Å². The summed E-state index contributed by atoms with van der Waals surface area (Å²) in [6, 6.07) is 0. The van der Waals surface area contributed by atoms with E-state index in [-0.39, 0.29) is 11.6 Å². The number of amides is 1. The van der Waals surface area contributed by atoms with E-state index >= 15 is 0 Å². The third-order valence-corrected chi connectivity index (χ3v) is 2.63. The molecule has 2 heterocycles. The first-order valence-corrected chi connectivity index (χ1v) is 5.86. The molecule has 0 saturated carbocycles. The van der Waals surface area contributed by atoms with Gasteiger partial charge in [-0.15, -0.1) is 0 Å². The van der Waals surface area contributed by atoms with Crippen molar-refractivity contribution in [1.82, 2.24) is 24.2 Å². The minimum Gasteiger partial charge on any atom is -0.477 e. The fourth-order valence-electron chi connectivity index (χ4n) is 1.37. The van der Waals surface area contributed by atoms with Gasteiger partial charge in [0, 0.05) is 21.1 Å². The van der Waals surface area contributed by atoms with Crippen molar-refractivity contribution < 1.29 is 19.5 Å². The average molecular weight is 295 g/mol. The van der Waals surface area contributed by atoms with Crippen LogP contribution in [0.3, 0.4) is 0 Å². The third kappa shape index (κ3) is 4.14. The molecule has 0 radical (unpaired) electrons. The number of aromatic carboxylic acids is 1. The molecule has 114 valence electrons. The summed E-state index contributed by atoms with van der Waals surface area (Å²) in [6.45, 7) is 0. The molecule has 0 aromatic carbocycles. The van der Waals surface area contributed by atoms with Crippen molar-refractivity contribution in [3.05, 3.63) is 36.4 Å². The normalized spacial score (nSPS) is 9.71. The molecule has 0 aliphatic rings. The van der Waals surface area contributed by atoms with Crippen LogP contribution in [-0.4, -0.2) is 55.3 Å². The Hall–Kier alpha value is -2.68. The number of hydrogen-bond acceptors (Lipinski definition) is 5. The van der Waals surface area contributed by atoms with Crippen LogP contribution in [0.2, 0.25) is 0 Å². The lowest BCUT2D eigenvalue weighted by Gasteiger charge is -2.12. The van der Waals surface area contributed by atoms with E-state index in [2.05, 4.69) is 9.97 Å². The molecule has 21 heavy (non-hydrogen) atoms. The Morgan fingerprint density at radius 1 is 1.14 bits per heavy atom. The van der Waals surface area contributed by atoms with E-state index in [4.69, 9.17) is 9.94 Å². The molecule has 0 atom stereocenters. The number of carbonyl (C=O) groups excluding carboxylic acids is 1. The van der Waals surface area contributed by atoms with Crippen molar-refractivity contribution in [1.29, 1.82) is 0 Å². The van der Waals surface area contributed by atoms with E-state index in [0.29, 0.717) is 5.69 Å². The summed E-state index contributed by atoms with van der Waals surface area (Å²) in [5.74, 6) is -1.16. The van der Waals surface area contributed by atoms with Crippen molar-refractivity contribution in [2.24, 2.45) is 14.1 Å². The van der Waals surface area contributed by atoms with Crippen molar-refractivity contribution >= 4 is 11.9 Å². The van der Waals surface area contributed by atoms with Gasteiger partial charge in [0.1, 0.15) is 11.4 Å². The van der Waals surface area contributed by atoms with Gasteiger partial charge in [-0.05, 0) is 0 Å². The molecule has 0 fully saturated rings. The van der Waals surface area contributed by atoms with E-state index in [1.807, 2.05) is 0 Å². The van der Waals surface area contributed by atoms with Crippen LogP contribution in [0, 0.1) is 0 Å². The number of aromatic nitrogens is 4. The van der Waals surface area contributed by atoms with Crippen molar-refractivity contribution in [2.75, 3.05) is 14.2 Å². The molecular formula is C12H17N5O4. The summed E-state index contributed by atoms with van der Waals surface area (Å²) in [6.07, 6.45) is 5.82. The van der Waals surface area contributed by atoms with Gasteiger partial charge < -0.3 is 14.2 Å². The summed E-state index contributed by atoms with van der Waals surface area (Å²) in [4.78, 5) is 33.8. The van der Waals surface area contributed by atoms with Crippen LogP contribution < -0.4 is 0 Å². The minimum atomic E-state index is -0.949. The molecule has 0 bridgehead atoms. The predicted molar refractivity (Wildman–Crippen MR) is 72.5 cm³/mol. The van der Waals surface area contributed by atoms with Gasteiger partial charge in [-0.3, -0.25) is 9.63 Å². The van der Waals surface area contributed by atoms with Crippen LogP contribution in [0.1, 0.15) is 21.0 Å². The van der Waals surface area contributed by atoms with E-state index < -0.39 is 5.97 Å². The molecule has 0 aliphatic heterocycles. The van der Waals surface area contributed by atoms with E-state index in [9.17, 15) is 9.59 Å². The number of carboxylic acid groups (broad SMARTS) is 1. The molecule has 1 N–H and O–H groups in total. The molecule has 2 rings (SSSR count). The summed E-state index contributed by atoms with van der Waals surface area (Å²) in [7, 11) is 6.38. The quantitative estimate of drug-likeness (QED) is 0.810. The SMILES string of the molecule is CON(C)C(=O)c1cncn1C.Cn1cncc1C(=O)O. The molecule has 9 nitrogen and oxygen atoms in total. The maximum absolute atomic E-state index is 11.4. The largest absolute Gasteiger partial charge is 0.477 e. The standard InChI is InChI=1S/C7H11N3O2.C5H6N2O2/c1-9-5-8-4-6(9)7(11)10(2)12-3;1-7-3-6-2-4(7)5(8)9/h4-5H,1-3H3;2-3H,1H3,(H,8,9). The molecule has 0 aliphatic carbocycles. The van der Waals surface area contributed by atoms with E-state index in [1.165, 1.54) is 30.4 Å². The highest BCUT2D eigenvalue weighted by Gasteiger charge is 2.13. The third-order valence-electron chi connectivity index (χ3n) is 2.63. The number of rotatable bonds is 3. The van der Waals surface area contributed by atoms with Crippen molar-refractivity contribution in [3.63, 3.8) is 0 Å². The second kappa shape index (κ2) is 7.20. The number of carboxylic acids is 1. The van der Waals surface area contributed by atoms with E-state index in [1.54, 1.807) is 32.0 Å². The Morgan fingerprint density at radius 3 is 1.90 bits per heavy atom. The van der Waals surface area contributed by atoms with Gasteiger partial charge in [0.25, 0.3) is 5.91 Å². The summed E-state index contributed by atoms with van der Waals surface area (Å²) >= 11 is 0. The fraction of sp³-hybridized carbons (Fsp3) is 0.333. The van der Waals surface area contributed by atoms with Gasteiger partial charge in [-0.25, -0.2) is 19.8 Å². The van der Waals surface area contributed by atoms with Crippen molar-refractivity contribution in [2.45, 2.75) is 0 Å². The Morgan fingerprint density at radius 2 is 1.62 bits per heavy atom. The van der Waals surface area contributed by atoms with Crippen LogP contribution >= 0.6 is 0 Å². The number of nitrogens with zero attached hydrogens (tertiary/aromatic N) is 5. The van der Waals surface area contributed by atoms with Gasteiger partial charge in [0.2, 0.25) is 0 Å². The number of hydrogen-bond donors (Lipinski definition) is 1. The predicted octanol–water partition coefficient (Wildman–Crippen LogP) is 0.172. The van der Waals surface area contributed by atoms with Crippen LogP contribution in [0.15, 0.2) is 25.0 Å². The van der Waals surface area contributed by atoms with Gasteiger partial charge >= 0.3 is 5.97 Å². The molecular weight excluding hydrogens is 278 g/mol. The molecule has 2 aromatic rings. The molecule has 2 aromatic heterocycles. The zero-order valence-corrected chi connectivity index (χ0v) is 12.2. The summed E-state index contributed by atoms with van der Waals surface area (Å²) in [5.41, 5.74) is 0.703. The van der Waals surface area contributed by atoms with Gasteiger partial charge in [0.05, 0.1) is 32.2 Å². The smallest absolute Gasteiger partial charge is 0.354 e. The second-order valence-electron chi connectivity index (χ2n) is 4.07. The molecule has 1 amide bonds. The van der Waals surface area contributed by atoms with Crippen LogP contribution in [0.4, 0.5) is 0 Å². The fourth-order valence-corrected chi connectivity index (χ4v) is 1.37. The number of hydroxylamine groups is 2. The Kier molecular flexibility index (Phi) is 5.61. The number of aryl methyl sites for hydroxylation is 2. The highest BCUT2D eigenvalue weighted by atomic mass is 16.7. The summed E-state index contributed by atoms with van der Waals surface area (Å²) in [5, 5.41) is 9.54. The molecule has 0 unspecified atom stereocenters. The molecule has 0 spiro atoms. The zero-order chi connectivity index (χ0) is 16.0. The minimum absolute atomic E-state index is 0.204. The Balaban J connectivity index is 0.000000219. The number of imidazole rings is 2. The lowest BCUT2D eigenvalue weighted by atomic mass is 10.4. The molecule has 0 saturated heterocycles. The van der Waals surface area contributed by atoms with Crippen LogP contribution in [-0.2, 0) is 18.9 Å². The second-order valence-corrected chi connectivity index (χ2v) is 4.07. The topological polar surface area (TPSA) is 102 Å². The highest BCUT2D eigenvalue weighted by molar-refractivity contribution is 5.91. The van der Waals surface area contributed by atoms with Gasteiger partial charge in [-0.2, -0.15) is 0 Å². The zero-order valence-electron chi connectivity index (χ0n) is 12.2. The van der Waals surface area contributed by atoms with Gasteiger partial charge in [0.15, 0.2) is 0 Å². The van der Waals surface area contributed by atoms with Crippen molar-refractivity contribution in [3.8, 4) is 0 Å².